The van der Waals surface area contributed by atoms with Gasteiger partial charge in [0.1, 0.15) is 5.75 Å². The molecule has 0 aliphatic rings. The highest BCUT2D eigenvalue weighted by Gasteiger charge is 2.23. The molecule has 0 bridgehead atoms. The molecule has 1 aromatic carbocycles. The topological polar surface area (TPSA) is 79.2 Å². The third-order valence-corrected chi connectivity index (χ3v) is 4.42. The molecule has 6 heteroatoms. The van der Waals surface area contributed by atoms with Gasteiger partial charge in [0, 0.05) is 0 Å². The fourth-order valence-corrected chi connectivity index (χ4v) is 2.83. The van der Waals surface area contributed by atoms with Crippen LogP contribution in [0.4, 0.5) is 0 Å². The zero-order valence-electron chi connectivity index (χ0n) is 16.5. The van der Waals surface area contributed by atoms with Crippen LogP contribution in [0.3, 0.4) is 0 Å². The summed E-state index contributed by atoms with van der Waals surface area (Å²) in [4.78, 5) is 0. The Morgan fingerprint density at radius 1 is 0.731 bits per heavy atom. The first kappa shape index (κ1) is 22.8. The molecule has 0 unspecified atom stereocenters. The van der Waals surface area contributed by atoms with Gasteiger partial charge >= 0.3 is 6.75 Å². The van der Waals surface area contributed by atoms with Crippen molar-refractivity contribution in [2.75, 3.05) is 13.2 Å². The molecular formula is C20H36BO5-. The zero-order valence-corrected chi connectivity index (χ0v) is 16.5. The molecule has 1 rings (SSSR count). The largest absolute Gasteiger partial charge is 0.556 e. The number of rotatable bonds is 15. The first-order valence-electron chi connectivity index (χ1n) is 10.2. The van der Waals surface area contributed by atoms with E-state index in [2.05, 4.69) is 13.8 Å². The van der Waals surface area contributed by atoms with Crippen molar-refractivity contribution in [2.24, 2.45) is 0 Å². The first-order valence-corrected chi connectivity index (χ1v) is 10.2. The van der Waals surface area contributed by atoms with Gasteiger partial charge in [0.05, 0.1) is 19.0 Å². The summed E-state index contributed by atoms with van der Waals surface area (Å²) in [6.45, 7) is 1.78. The fraction of sp³-hybridized carbons (Fsp3) is 0.700. The minimum Gasteiger partial charge on any atom is -0.556 e. The molecule has 26 heavy (non-hydrogen) atoms. The van der Waals surface area contributed by atoms with E-state index in [1.165, 1.54) is 44.6 Å². The van der Waals surface area contributed by atoms with Crippen LogP contribution in [0.2, 0.25) is 0 Å². The van der Waals surface area contributed by atoms with Crippen LogP contribution in [0.25, 0.3) is 0 Å². The van der Waals surface area contributed by atoms with Gasteiger partial charge in [-0.3, -0.25) is 0 Å². The maximum atomic E-state index is 9.67. The Bertz CT molecular complexity index is 488. The smallest absolute Gasteiger partial charge is 0.406 e. The van der Waals surface area contributed by atoms with Gasteiger partial charge in [-0.05, 0) is 31.0 Å². The molecule has 0 radical (unpaired) electrons. The van der Waals surface area contributed by atoms with E-state index in [-0.39, 0.29) is 5.46 Å². The number of unbranched alkanes of at least 4 members (excludes halogenated alkanes) is 8. The third-order valence-electron chi connectivity index (χ3n) is 4.42. The van der Waals surface area contributed by atoms with E-state index in [0.717, 1.165) is 25.7 Å². The summed E-state index contributed by atoms with van der Waals surface area (Å²) < 4.78 is 11.3. The monoisotopic (exact) mass is 367 g/mol. The van der Waals surface area contributed by atoms with Gasteiger partial charge in [0.25, 0.3) is 0 Å². The van der Waals surface area contributed by atoms with Crippen LogP contribution < -0.4 is 14.9 Å². The highest BCUT2D eigenvalue weighted by Crippen LogP contribution is 2.19. The Kier molecular flexibility index (Phi) is 11.4. The molecule has 0 aliphatic heterocycles. The molecule has 5 nitrogen and oxygen atoms in total. The summed E-state index contributed by atoms with van der Waals surface area (Å²) in [5, 5.41) is 29.0. The van der Waals surface area contributed by atoms with E-state index in [9.17, 15) is 15.1 Å². The Morgan fingerprint density at radius 3 is 1.81 bits per heavy atom. The van der Waals surface area contributed by atoms with Crippen molar-refractivity contribution < 1.29 is 24.5 Å². The summed E-state index contributed by atoms with van der Waals surface area (Å²) in [6.07, 6.45) is 11.3. The zero-order chi connectivity index (χ0) is 19.3. The Labute approximate surface area is 158 Å². The Balaban J connectivity index is 2.52. The molecule has 0 saturated heterocycles. The average Bonchev–Trinajstić information content (AvgIpc) is 2.61. The van der Waals surface area contributed by atoms with Crippen LogP contribution in [0.15, 0.2) is 18.2 Å². The van der Waals surface area contributed by atoms with Gasteiger partial charge in [-0.2, -0.15) is 0 Å². The van der Waals surface area contributed by atoms with Crippen molar-refractivity contribution in [1.29, 1.82) is 0 Å². The maximum absolute atomic E-state index is 9.67. The predicted molar refractivity (Wildman–Crippen MR) is 107 cm³/mol. The third kappa shape index (κ3) is 9.46. The quantitative estimate of drug-likeness (QED) is 0.327. The van der Waals surface area contributed by atoms with Gasteiger partial charge in [-0.15, -0.1) is 0 Å². The van der Waals surface area contributed by atoms with Crippen LogP contribution in [0, 0.1) is 0 Å². The minimum atomic E-state index is -3.63. The number of hydrogen-bond acceptors (Lipinski definition) is 5. The van der Waals surface area contributed by atoms with Crippen LogP contribution >= 0.6 is 0 Å². The standard InChI is InChI=1S/C20H36BO5/c1-3-5-7-9-11-15-25-18-13-14-20(19(17-18)21(22,23)24)26-16-12-10-8-6-4-2/h13-14,17,22-24H,3-12,15-16H2,1-2H3/q-1. The van der Waals surface area contributed by atoms with Crippen molar-refractivity contribution in [1.82, 2.24) is 0 Å². The first-order chi connectivity index (χ1) is 12.5. The normalized spacial score (nSPS) is 11.6. The summed E-state index contributed by atoms with van der Waals surface area (Å²) in [7, 11) is 0. The average molecular weight is 367 g/mol. The van der Waals surface area contributed by atoms with Crippen molar-refractivity contribution in [2.45, 2.75) is 78.1 Å². The Hall–Kier alpha value is -1.24. The van der Waals surface area contributed by atoms with Crippen molar-refractivity contribution in [3.63, 3.8) is 0 Å². The fourth-order valence-electron chi connectivity index (χ4n) is 2.83. The van der Waals surface area contributed by atoms with Crippen molar-refractivity contribution in [3.05, 3.63) is 18.2 Å². The molecular weight excluding hydrogens is 331 g/mol. The molecule has 0 aliphatic carbocycles. The molecule has 0 saturated carbocycles. The summed E-state index contributed by atoms with van der Waals surface area (Å²) in [6, 6.07) is 4.83. The molecule has 0 aromatic heterocycles. The second kappa shape index (κ2) is 13.0. The minimum absolute atomic E-state index is 0.0259. The SMILES string of the molecule is CCCCCCCOc1ccc(OCCCCCCC)c([B-](O)(O)O)c1. The van der Waals surface area contributed by atoms with Gasteiger partial charge in [0.15, 0.2) is 0 Å². The van der Waals surface area contributed by atoms with Crippen LogP contribution in [-0.2, 0) is 0 Å². The lowest BCUT2D eigenvalue weighted by Crippen LogP contribution is -2.49. The second-order valence-corrected chi connectivity index (χ2v) is 6.96. The van der Waals surface area contributed by atoms with Crippen molar-refractivity contribution in [3.8, 4) is 11.5 Å². The van der Waals surface area contributed by atoms with Gasteiger partial charge in [0.2, 0.25) is 0 Å². The summed E-state index contributed by atoms with van der Waals surface area (Å²) in [5.41, 5.74) is -0.0259. The van der Waals surface area contributed by atoms with Gasteiger partial charge in [-0.1, -0.05) is 70.7 Å². The molecule has 150 valence electrons. The predicted octanol–water partition coefficient (Wildman–Crippen LogP) is 3.51. The Morgan fingerprint density at radius 2 is 1.27 bits per heavy atom. The lowest BCUT2D eigenvalue weighted by atomic mass is 9.70. The van der Waals surface area contributed by atoms with E-state index < -0.39 is 6.75 Å². The van der Waals surface area contributed by atoms with E-state index in [1.807, 2.05) is 0 Å². The van der Waals surface area contributed by atoms with E-state index in [0.29, 0.717) is 24.7 Å². The highest BCUT2D eigenvalue weighted by molar-refractivity contribution is 6.72. The molecule has 0 amide bonds. The molecule has 0 fully saturated rings. The number of hydrogen-bond donors (Lipinski definition) is 3. The van der Waals surface area contributed by atoms with E-state index in [4.69, 9.17) is 9.47 Å². The summed E-state index contributed by atoms with van der Waals surface area (Å²) in [5.74, 6) is 0.803. The van der Waals surface area contributed by atoms with Gasteiger partial charge in [-0.25, -0.2) is 0 Å². The van der Waals surface area contributed by atoms with E-state index in [1.54, 1.807) is 12.1 Å². The van der Waals surface area contributed by atoms with E-state index >= 15 is 0 Å². The number of ether oxygens (including phenoxy) is 2. The number of benzene rings is 1. The second-order valence-electron chi connectivity index (χ2n) is 6.96. The molecule has 3 N–H and O–H groups in total. The van der Waals surface area contributed by atoms with Crippen LogP contribution in [0.5, 0.6) is 11.5 Å². The molecule has 0 heterocycles. The maximum Gasteiger partial charge on any atom is 0.406 e. The van der Waals surface area contributed by atoms with Crippen LogP contribution in [0.1, 0.15) is 78.1 Å². The van der Waals surface area contributed by atoms with Crippen molar-refractivity contribution >= 4 is 12.2 Å². The molecule has 1 aromatic rings. The van der Waals surface area contributed by atoms with Crippen LogP contribution in [-0.4, -0.2) is 35.0 Å². The van der Waals surface area contributed by atoms with Gasteiger partial charge < -0.3 is 24.5 Å². The lowest BCUT2D eigenvalue weighted by molar-refractivity contribution is 0.244. The summed E-state index contributed by atoms with van der Waals surface area (Å²) >= 11 is 0. The molecule has 0 atom stereocenters. The highest BCUT2D eigenvalue weighted by atomic mass is 16.6. The lowest BCUT2D eigenvalue weighted by Gasteiger charge is -2.25. The molecule has 0 spiro atoms.